The van der Waals surface area contributed by atoms with Crippen LogP contribution in [0.5, 0.6) is 0 Å². The SMILES string of the molecule is Nc1cc(Cl)ccc1Cn1cc(Br)ccc1=O. The zero-order valence-electron chi connectivity index (χ0n) is 8.86. The Bertz CT molecular complexity index is 610. The van der Waals surface area contributed by atoms with E-state index in [-0.39, 0.29) is 5.56 Å². The third-order valence-corrected chi connectivity index (χ3v) is 3.10. The van der Waals surface area contributed by atoms with Gasteiger partial charge < -0.3 is 10.3 Å². The molecule has 0 saturated carbocycles. The molecule has 0 aliphatic carbocycles. The summed E-state index contributed by atoms with van der Waals surface area (Å²) in [4.78, 5) is 11.6. The van der Waals surface area contributed by atoms with Crippen molar-refractivity contribution in [2.24, 2.45) is 0 Å². The molecule has 1 heterocycles. The largest absolute Gasteiger partial charge is 0.398 e. The van der Waals surface area contributed by atoms with E-state index in [0.717, 1.165) is 10.0 Å². The molecule has 0 aliphatic heterocycles. The molecule has 2 N–H and O–H groups in total. The van der Waals surface area contributed by atoms with Gasteiger partial charge in [-0.25, -0.2) is 0 Å². The first-order valence-electron chi connectivity index (χ1n) is 4.96. The van der Waals surface area contributed by atoms with Crippen LogP contribution in [0.3, 0.4) is 0 Å². The fraction of sp³-hybridized carbons (Fsp3) is 0.0833. The van der Waals surface area contributed by atoms with Crippen molar-refractivity contribution in [1.82, 2.24) is 4.57 Å². The summed E-state index contributed by atoms with van der Waals surface area (Å²) in [7, 11) is 0. The first kappa shape index (κ1) is 12.2. The van der Waals surface area contributed by atoms with Crippen molar-refractivity contribution in [1.29, 1.82) is 0 Å². The first-order valence-corrected chi connectivity index (χ1v) is 6.13. The average Bonchev–Trinajstić information content (AvgIpc) is 2.27. The van der Waals surface area contributed by atoms with Crippen LogP contribution in [0, 0.1) is 0 Å². The lowest BCUT2D eigenvalue weighted by Crippen LogP contribution is -2.19. The van der Waals surface area contributed by atoms with Gasteiger partial charge >= 0.3 is 0 Å². The van der Waals surface area contributed by atoms with E-state index in [1.807, 2.05) is 6.07 Å². The third kappa shape index (κ3) is 2.90. The first-order chi connectivity index (χ1) is 8.06. The van der Waals surface area contributed by atoms with Crippen molar-refractivity contribution in [3.05, 3.63) is 61.9 Å². The summed E-state index contributed by atoms with van der Waals surface area (Å²) in [5.74, 6) is 0. The highest BCUT2D eigenvalue weighted by molar-refractivity contribution is 9.10. The number of nitrogen functional groups attached to an aromatic ring is 1. The van der Waals surface area contributed by atoms with Gasteiger partial charge in [0.05, 0.1) is 6.54 Å². The van der Waals surface area contributed by atoms with E-state index in [9.17, 15) is 4.79 Å². The van der Waals surface area contributed by atoms with E-state index in [1.165, 1.54) is 6.07 Å². The summed E-state index contributed by atoms with van der Waals surface area (Å²) in [6, 6.07) is 8.49. The Morgan fingerprint density at radius 3 is 2.76 bits per heavy atom. The Balaban J connectivity index is 2.38. The number of anilines is 1. The Morgan fingerprint density at radius 1 is 1.29 bits per heavy atom. The quantitative estimate of drug-likeness (QED) is 0.867. The van der Waals surface area contributed by atoms with Gasteiger partial charge in [-0.15, -0.1) is 0 Å². The smallest absolute Gasteiger partial charge is 0.250 e. The van der Waals surface area contributed by atoms with Crippen LogP contribution in [-0.2, 0) is 6.54 Å². The normalized spacial score (nSPS) is 10.5. The van der Waals surface area contributed by atoms with Gasteiger partial charge in [0, 0.05) is 27.4 Å². The zero-order chi connectivity index (χ0) is 12.4. The molecule has 88 valence electrons. The number of nitrogens with two attached hydrogens (primary N) is 1. The average molecular weight is 314 g/mol. The molecule has 0 atom stereocenters. The summed E-state index contributed by atoms with van der Waals surface area (Å²) in [5.41, 5.74) is 7.24. The number of aromatic nitrogens is 1. The summed E-state index contributed by atoms with van der Waals surface area (Å²) in [6.07, 6.45) is 1.73. The van der Waals surface area contributed by atoms with Crippen LogP contribution in [0.15, 0.2) is 45.8 Å². The van der Waals surface area contributed by atoms with E-state index < -0.39 is 0 Å². The fourth-order valence-electron chi connectivity index (χ4n) is 1.52. The van der Waals surface area contributed by atoms with Gasteiger partial charge in [-0.3, -0.25) is 4.79 Å². The van der Waals surface area contributed by atoms with E-state index in [1.54, 1.807) is 29.0 Å². The lowest BCUT2D eigenvalue weighted by molar-refractivity contribution is 0.758. The van der Waals surface area contributed by atoms with Crippen LogP contribution in [-0.4, -0.2) is 4.57 Å². The van der Waals surface area contributed by atoms with Crippen molar-refractivity contribution in [3.63, 3.8) is 0 Å². The number of hydrogen-bond donors (Lipinski definition) is 1. The molecule has 17 heavy (non-hydrogen) atoms. The minimum atomic E-state index is -0.0671. The number of benzene rings is 1. The maximum Gasteiger partial charge on any atom is 0.250 e. The van der Waals surface area contributed by atoms with Crippen LogP contribution in [0.4, 0.5) is 5.69 Å². The summed E-state index contributed by atoms with van der Waals surface area (Å²) in [5, 5.41) is 0.591. The van der Waals surface area contributed by atoms with Gasteiger partial charge in [0.15, 0.2) is 0 Å². The molecule has 0 bridgehead atoms. The highest BCUT2D eigenvalue weighted by Gasteiger charge is 2.03. The molecule has 0 amide bonds. The van der Waals surface area contributed by atoms with Gasteiger partial charge in [-0.1, -0.05) is 17.7 Å². The number of pyridine rings is 1. The molecule has 0 saturated heterocycles. The molecular weight excluding hydrogens is 304 g/mol. The molecule has 1 aromatic heterocycles. The lowest BCUT2D eigenvalue weighted by atomic mass is 10.2. The van der Waals surface area contributed by atoms with Crippen molar-refractivity contribution < 1.29 is 0 Å². The second kappa shape index (κ2) is 4.94. The molecule has 1 aromatic carbocycles. The molecule has 0 fully saturated rings. The monoisotopic (exact) mass is 312 g/mol. The standard InChI is InChI=1S/C12H10BrClN2O/c13-9-2-4-12(17)16(7-9)6-8-1-3-10(14)5-11(8)15/h1-5,7H,6,15H2. The molecule has 0 radical (unpaired) electrons. The van der Waals surface area contributed by atoms with Crippen LogP contribution in [0.25, 0.3) is 0 Å². The summed E-state index contributed by atoms with van der Waals surface area (Å²) < 4.78 is 2.44. The Hall–Kier alpha value is -1.26. The maximum atomic E-state index is 11.6. The van der Waals surface area contributed by atoms with Crippen molar-refractivity contribution in [3.8, 4) is 0 Å². The number of hydrogen-bond acceptors (Lipinski definition) is 2. The van der Waals surface area contributed by atoms with Gasteiger partial charge in [-0.05, 0) is 39.7 Å². The Kier molecular flexibility index (Phi) is 3.54. The van der Waals surface area contributed by atoms with E-state index >= 15 is 0 Å². The van der Waals surface area contributed by atoms with E-state index in [4.69, 9.17) is 17.3 Å². The van der Waals surface area contributed by atoms with Crippen LogP contribution < -0.4 is 11.3 Å². The van der Waals surface area contributed by atoms with Gasteiger partial charge in [-0.2, -0.15) is 0 Å². The molecule has 5 heteroatoms. The molecule has 3 nitrogen and oxygen atoms in total. The maximum absolute atomic E-state index is 11.6. The number of nitrogens with zero attached hydrogens (tertiary/aromatic N) is 1. The Morgan fingerprint density at radius 2 is 2.06 bits per heavy atom. The van der Waals surface area contributed by atoms with Crippen molar-refractivity contribution >= 4 is 33.2 Å². The van der Waals surface area contributed by atoms with Crippen LogP contribution >= 0.6 is 27.5 Å². The highest BCUT2D eigenvalue weighted by Crippen LogP contribution is 2.18. The minimum Gasteiger partial charge on any atom is -0.398 e. The zero-order valence-corrected chi connectivity index (χ0v) is 11.2. The van der Waals surface area contributed by atoms with E-state index in [2.05, 4.69) is 15.9 Å². The molecule has 2 rings (SSSR count). The fourth-order valence-corrected chi connectivity index (χ4v) is 2.08. The van der Waals surface area contributed by atoms with Crippen molar-refractivity contribution in [2.75, 3.05) is 5.73 Å². The third-order valence-electron chi connectivity index (χ3n) is 2.40. The predicted octanol–water partition coefficient (Wildman–Crippen LogP) is 2.89. The second-order valence-electron chi connectivity index (χ2n) is 3.66. The van der Waals surface area contributed by atoms with Gasteiger partial charge in [0.25, 0.3) is 5.56 Å². The second-order valence-corrected chi connectivity index (χ2v) is 5.01. The van der Waals surface area contributed by atoms with Crippen LogP contribution in [0.2, 0.25) is 5.02 Å². The molecule has 2 aromatic rings. The molecule has 0 aliphatic rings. The van der Waals surface area contributed by atoms with E-state index in [0.29, 0.717) is 17.3 Å². The van der Waals surface area contributed by atoms with Crippen LogP contribution in [0.1, 0.15) is 5.56 Å². The predicted molar refractivity (Wildman–Crippen MR) is 73.4 cm³/mol. The van der Waals surface area contributed by atoms with Crippen molar-refractivity contribution in [2.45, 2.75) is 6.54 Å². The number of halogens is 2. The summed E-state index contributed by atoms with van der Waals surface area (Å²) in [6.45, 7) is 0.432. The molecule has 0 unspecified atom stereocenters. The topological polar surface area (TPSA) is 48.0 Å². The van der Waals surface area contributed by atoms with Gasteiger partial charge in [0.1, 0.15) is 0 Å². The van der Waals surface area contributed by atoms with Gasteiger partial charge in [0.2, 0.25) is 0 Å². The molecular formula is C12H10BrClN2O. The number of rotatable bonds is 2. The highest BCUT2D eigenvalue weighted by atomic mass is 79.9. The lowest BCUT2D eigenvalue weighted by Gasteiger charge is -2.09. The molecule has 0 spiro atoms. The Labute approximate surface area is 112 Å². The summed E-state index contributed by atoms with van der Waals surface area (Å²) >= 11 is 9.15. The minimum absolute atomic E-state index is 0.0671.